The lowest BCUT2D eigenvalue weighted by atomic mass is 9.85. The minimum Gasteiger partial charge on any atom is -0.462 e. The van der Waals surface area contributed by atoms with E-state index in [2.05, 4.69) is 40.8 Å². The Kier molecular flexibility index (Phi) is 5.44. The second-order valence-corrected chi connectivity index (χ2v) is 12.2. The third kappa shape index (κ3) is 3.62. The molecule has 0 aliphatic carbocycles. The Bertz CT molecular complexity index is 348. The number of aliphatic hydroxyl groups excluding tert-OH is 1. The van der Waals surface area contributed by atoms with E-state index < -0.39 is 8.32 Å². The first-order chi connectivity index (χ1) is 9.01. The van der Waals surface area contributed by atoms with Gasteiger partial charge >= 0.3 is 5.97 Å². The van der Waals surface area contributed by atoms with Crippen LogP contribution in [-0.4, -0.2) is 38.2 Å². The van der Waals surface area contributed by atoms with Gasteiger partial charge in [0.2, 0.25) is 0 Å². The largest absolute Gasteiger partial charge is 0.462 e. The van der Waals surface area contributed by atoms with E-state index in [4.69, 9.17) is 14.3 Å². The Hall–Kier alpha value is -0.393. The van der Waals surface area contributed by atoms with Crippen LogP contribution in [0.15, 0.2) is 0 Å². The highest BCUT2D eigenvalue weighted by Gasteiger charge is 2.47. The van der Waals surface area contributed by atoms with Crippen LogP contribution < -0.4 is 0 Å². The van der Waals surface area contributed by atoms with Crippen molar-refractivity contribution in [2.24, 2.45) is 11.8 Å². The minimum absolute atomic E-state index is 0.0312. The summed E-state index contributed by atoms with van der Waals surface area (Å²) in [4.78, 5) is 12.0. The van der Waals surface area contributed by atoms with Crippen molar-refractivity contribution in [3.8, 4) is 0 Å². The Balaban J connectivity index is 2.92. The van der Waals surface area contributed by atoms with Crippen molar-refractivity contribution in [3.63, 3.8) is 0 Å². The highest BCUT2D eigenvalue weighted by molar-refractivity contribution is 6.74. The molecule has 20 heavy (non-hydrogen) atoms. The molecule has 1 rings (SSSR count). The summed E-state index contributed by atoms with van der Waals surface area (Å²) < 4.78 is 11.9. The zero-order valence-corrected chi connectivity index (χ0v) is 14.9. The average Bonchev–Trinajstić information content (AvgIpc) is 2.30. The molecular formula is C15H30O4Si. The molecule has 0 spiro atoms. The smallest absolute Gasteiger partial charge is 0.311 e. The second-order valence-electron chi connectivity index (χ2n) is 7.48. The van der Waals surface area contributed by atoms with Gasteiger partial charge in [-0.2, -0.15) is 0 Å². The second kappa shape index (κ2) is 6.16. The predicted molar refractivity (Wildman–Crippen MR) is 82.0 cm³/mol. The number of ether oxygens (including phenoxy) is 1. The molecular weight excluding hydrogens is 272 g/mol. The van der Waals surface area contributed by atoms with Gasteiger partial charge in [-0.25, -0.2) is 0 Å². The summed E-state index contributed by atoms with van der Waals surface area (Å²) in [6.45, 7) is 15.0. The van der Waals surface area contributed by atoms with Crippen LogP contribution in [0.1, 0.15) is 41.0 Å². The van der Waals surface area contributed by atoms with Gasteiger partial charge in [0.25, 0.3) is 0 Å². The molecule has 1 aliphatic heterocycles. The molecule has 1 fully saturated rings. The number of hydrogen-bond acceptors (Lipinski definition) is 4. The number of aliphatic hydroxyl groups is 1. The summed E-state index contributed by atoms with van der Waals surface area (Å²) in [5.74, 6) is -0.330. The van der Waals surface area contributed by atoms with Crippen molar-refractivity contribution < 1.29 is 19.1 Å². The fraction of sp³-hybridized carbons (Fsp3) is 0.933. The summed E-state index contributed by atoms with van der Waals surface area (Å²) >= 11 is 0. The molecule has 0 amide bonds. The van der Waals surface area contributed by atoms with Gasteiger partial charge in [0, 0.05) is 18.9 Å². The van der Waals surface area contributed by atoms with Crippen molar-refractivity contribution in [1.29, 1.82) is 0 Å². The van der Waals surface area contributed by atoms with E-state index in [1.807, 2.05) is 6.92 Å². The fourth-order valence-corrected chi connectivity index (χ4v) is 3.79. The number of carbonyl (C=O) groups is 1. The number of cyclic esters (lactones) is 1. The summed E-state index contributed by atoms with van der Waals surface area (Å²) in [6.07, 6.45) is 0.129. The van der Waals surface area contributed by atoms with Gasteiger partial charge in [0.1, 0.15) is 6.10 Å². The van der Waals surface area contributed by atoms with Crippen molar-refractivity contribution in [1.82, 2.24) is 0 Å². The molecule has 118 valence electrons. The van der Waals surface area contributed by atoms with E-state index in [1.165, 1.54) is 0 Å². The standard InChI is InChI=1S/C15H30O4Si/c1-10-12(8-9-16)18-14(17)11(2)13(10)19-20(6,7)15(3,4)5/h10-13,16H,8-9H2,1-7H3/t10-,11-,12-,13-/m0/s1. The number of hydrogen-bond donors (Lipinski definition) is 1. The van der Waals surface area contributed by atoms with Crippen LogP contribution in [0.25, 0.3) is 0 Å². The SMILES string of the molecule is C[C@@H]1[C@H](O[Si](C)(C)C(C)(C)C)[C@H](C)C(=O)O[C@H]1CCO. The Morgan fingerprint density at radius 1 is 1.30 bits per heavy atom. The molecule has 0 unspecified atom stereocenters. The van der Waals surface area contributed by atoms with Crippen LogP contribution in [0.4, 0.5) is 0 Å². The molecule has 0 aromatic heterocycles. The van der Waals surface area contributed by atoms with Gasteiger partial charge in [-0.1, -0.05) is 27.7 Å². The molecule has 0 aromatic rings. The van der Waals surface area contributed by atoms with Gasteiger partial charge in [-0.3, -0.25) is 4.79 Å². The molecule has 0 radical (unpaired) electrons. The van der Waals surface area contributed by atoms with Crippen LogP contribution in [-0.2, 0) is 14.0 Å². The van der Waals surface area contributed by atoms with Crippen molar-refractivity contribution >= 4 is 14.3 Å². The average molecular weight is 302 g/mol. The molecule has 1 heterocycles. The first-order valence-electron chi connectivity index (χ1n) is 7.50. The van der Waals surface area contributed by atoms with E-state index in [-0.39, 0.29) is 41.7 Å². The fourth-order valence-electron chi connectivity index (χ4n) is 2.34. The highest BCUT2D eigenvalue weighted by atomic mass is 28.4. The topological polar surface area (TPSA) is 55.8 Å². The molecule has 5 heteroatoms. The summed E-state index contributed by atoms with van der Waals surface area (Å²) in [7, 11) is -1.93. The molecule has 1 aliphatic rings. The predicted octanol–water partition coefficient (Wildman–Crippen LogP) is 2.96. The lowest BCUT2D eigenvalue weighted by Crippen LogP contribution is -2.54. The quantitative estimate of drug-likeness (QED) is 0.641. The molecule has 4 atom stereocenters. The van der Waals surface area contributed by atoms with Crippen LogP contribution in [0.3, 0.4) is 0 Å². The van der Waals surface area contributed by atoms with Crippen LogP contribution >= 0.6 is 0 Å². The minimum atomic E-state index is -1.93. The number of carbonyl (C=O) groups excluding carboxylic acids is 1. The molecule has 0 saturated carbocycles. The first kappa shape index (κ1) is 17.7. The zero-order chi connectivity index (χ0) is 15.7. The van der Waals surface area contributed by atoms with E-state index >= 15 is 0 Å². The molecule has 4 nitrogen and oxygen atoms in total. The van der Waals surface area contributed by atoms with Gasteiger partial charge in [-0.05, 0) is 25.1 Å². The van der Waals surface area contributed by atoms with Crippen LogP contribution in [0.5, 0.6) is 0 Å². The molecule has 0 bridgehead atoms. The lowest BCUT2D eigenvalue weighted by molar-refractivity contribution is -0.177. The zero-order valence-electron chi connectivity index (χ0n) is 13.9. The summed E-state index contributed by atoms with van der Waals surface area (Å²) in [6, 6.07) is 0. The van der Waals surface area contributed by atoms with Gasteiger partial charge in [-0.15, -0.1) is 0 Å². The van der Waals surface area contributed by atoms with Gasteiger partial charge in [0.05, 0.1) is 12.0 Å². The van der Waals surface area contributed by atoms with Crippen LogP contribution in [0.2, 0.25) is 18.1 Å². The van der Waals surface area contributed by atoms with E-state index in [1.54, 1.807) is 0 Å². The maximum absolute atomic E-state index is 12.0. The Morgan fingerprint density at radius 3 is 2.30 bits per heavy atom. The third-order valence-electron chi connectivity index (χ3n) is 4.89. The number of rotatable bonds is 4. The van der Waals surface area contributed by atoms with E-state index in [9.17, 15) is 4.79 Å². The normalized spacial score (nSPS) is 32.1. The maximum atomic E-state index is 12.0. The van der Waals surface area contributed by atoms with Gasteiger partial charge in [0.15, 0.2) is 8.32 Å². The van der Waals surface area contributed by atoms with E-state index in [0.717, 1.165) is 0 Å². The third-order valence-corrected chi connectivity index (χ3v) is 9.36. The highest BCUT2D eigenvalue weighted by Crippen LogP contribution is 2.41. The molecule has 0 aromatic carbocycles. The summed E-state index contributed by atoms with van der Waals surface area (Å²) in [5.41, 5.74) is 0. The van der Waals surface area contributed by atoms with Crippen molar-refractivity contribution in [2.45, 2.75) is 71.4 Å². The van der Waals surface area contributed by atoms with E-state index in [0.29, 0.717) is 6.42 Å². The van der Waals surface area contributed by atoms with Crippen LogP contribution in [0, 0.1) is 11.8 Å². The monoisotopic (exact) mass is 302 g/mol. The van der Waals surface area contributed by atoms with Crippen molar-refractivity contribution in [3.05, 3.63) is 0 Å². The first-order valence-corrected chi connectivity index (χ1v) is 10.4. The maximum Gasteiger partial charge on any atom is 0.311 e. The van der Waals surface area contributed by atoms with Gasteiger partial charge < -0.3 is 14.3 Å². The molecule has 1 N–H and O–H groups in total. The Morgan fingerprint density at radius 2 is 1.85 bits per heavy atom. The number of esters is 1. The Labute approximate surface area is 124 Å². The summed E-state index contributed by atoms with van der Waals surface area (Å²) in [5, 5.41) is 9.22. The van der Waals surface area contributed by atoms with Crippen molar-refractivity contribution in [2.75, 3.05) is 6.61 Å². The lowest BCUT2D eigenvalue weighted by Gasteiger charge is -2.46. The molecule has 1 saturated heterocycles.